The number of aliphatic hydroxyl groups excluding tert-OH is 1. The fourth-order valence-corrected chi connectivity index (χ4v) is 7.34. The summed E-state index contributed by atoms with van der Waals surface area (Å²) in [5.74, 6) is 0. The van der Waals surface area contributed by atoms with Gasteiger partial charge in [-0.2, -0.15) is 0 Å². The van der Waals surface area contributed by atoms with Gasteiger partial charge in [-0.3, -0.25) is 0 Å². The first-order valence-corrected chi connectivity index (χ1v) is 14.6. The van der Waals surface area contributed by atoms with E-state index in [2.05, 4.69) is 62.5 Å². The van der Waals surface area contributed by atoms with E-state index in [1.165, 1.54) is 11.1 Å². The second-order valence-corrected chi connectivity index (χ2v) is 12.8. The Balaban J connectivity index is 1.47. The van der Waals surface area contributed by atoms with Crippen molar-refractivity contribution in [1.29, 1.82) is 0 Å². The van der Waals surface area contributed by atoms with Gasteiger partial charge >= 0.3 is 0 Å². The minimum atomic E-state index is -2.97. The van der Waals surface area contributed by atoms with Crippen molar-refractivity contribution in [3.8, 4) is 0 Å². The largest absolute Gasteiger partial charge is 0.389 e. The second-order valence-electron chi connectivity index (χ2n) is 10.6. The van der Waals surface area contributed by atoms with Crippen LogP contribution in [0.1, 0.15) is 49.8 Å². The molecule has 3 N–H and O–H groups in total. The fraction of sp³-hybridized carbons (Fsp3) is 0.400. The third-order valence-electron chi connectivity index (χ3n) is 7.77. The second kappa shape index (κ2) is 10.2. The van der Waals surface area contributed by atoms with E-state index in [4.69, 9.17) is 0 Å². The van der Waals surface area contributed by atoms with Crippen LogP contribution in [0.4, 0.5) is 11.4 Å². The van der Waals surface area contributed by atoms with Gasteiger partial charge in [-0.1, -0.05) is 48.5 Å². The highest BCUT2D eigenvalue weighted by Gasteiger charge is 2.39. The molecule has 6 nitrogen and oxygen atoms in total. The van der Waals surface area contributed by atoms with Gasteiger partial charge < -0.3 is 15.1 Å². The zero-order valence-corrected chi connectivity index (χ0v) is 22.6. The first-order valence-electron chi connectivity index (χ1n) is 13.1. The number of hydrogen-bond acceptors (Lipinski definition) is 5. The molecule has 0 saturated heterocycles. The number of fused-ring (bicyclic) bond motifs is 2. The Morgan fingerprint density at radius 1 is 0.919 bits per heavy atom. The predicted molar refractivity (Wildman–Crippen MR) is 149 cm³/mol. The van der Waals surface area contributed by atoms with Gasteiger partial charge in [0, 0.05) is 24.5 Å². The molecule has 5 rings (SSSR count). The molecule has 37 heavy (non-hydrogen) atoms. The number of para-hydroxylation sites is 2. The van der Waals surface area contributed by atoms with Crippen molar-refractivity contribution >= 4 is 21.3 Å². The highest BCUT2D eigenvalue weighted by molar-refractivity contribution is 7.91. The van der Waals surface area contributed by atoms with Crippen LogP contribution >= 0.6 is 0 Å². The van der Waals surface area contributed by atoms with Crippen LogP contribution in [-0.4, -0.2) is 39.7 Å². The number of hydrogen-bond donors (Lipinski definition) is 3. The van der Waals surface area contributed by atoms with E-state index in [-0.39, 0.29) is 12.1 Å². The summed E-state index contributed by atoms with van der Waals surface area (Å²) in [5, 5.41) is 22.1. The average molecular weight is 520 g/mol. The van der Waals surface area contributed by atoms with Gasteiger partial charge in [-0.25, -0.2) is 13.3 Å². The van der Waals surface area contributed by atoms with Crippen molar-refractivity contribution in [2.24, 2.45) is 4.36 Å². The van der Waals surface area contributed by atoms with Crippen molar-refractivity contribution in [3.05, 3.63) is 89.5 Å². The zero-order chi connectivity index (χ0) is 26.2. The lowest BCUT2D eigenvalue weighted by molar-refractivity contribution is 0.0785. The maximum Gasteiger partial charge on any atom is 0.137 e. The van der Waals surface area contributed by atoms with Gasteiger partial charge in [0.15, 0.2) is 0 Å². The highest BCUT2D eigenvalue weighted by atomic mass is 32.2. The van der Waals surface area contributed by atoms with E-state index in [0.29, 0.717) is 11.3 Å². The highest BCUT2D eigenvalue weighted by Crippen LogP contribution is 2.41. The SMILES string of the molecule is CN=S(=O)(NC1CCCC(N2c3ccccc3CCc3ccccc32)C1O)c1ccc(C(C)(C)O)cc1. The van der Waals surface area contributed by atoms with Crippen molar-refractivity contribution in [3.63, 3.8) is 0 Å². The van der Waals surface area contributed by atoms with E-state index >= 15 is 0 Å². The number of nitrogens with zero attached hydrogens (tertiary/aromatic N) is 2. The van der Waals surface area contributed by atoms with Gasteiger partial charge in [0.25, 0.3) is 0 Å². The Morgan fingerprint density at radius 2 is 1.49 bits per heavy atom. The van der Waals surface area contributed by atoms with Gasteiger partial charge in [0.2, 0.25) is 0 Å². The molecule has 0 bridgehead atoms. The molecule has 1 aliphatic carbocycles. The smallest absolute Gasteiger partial charge is 0.137 e. The Morgan fingerprint density at radius 3 is 2.03 bits per heavy atom. The molecule has 1 fully saturated rings. The summed E-state index contributed by atoms with van der Waals surface area (Å²) in [6.45, 7) is 3.44. The summed E-state index contributed by atoms with van der Waals surface area (Å²) in [6.07, 6.45) is 3.62. The summed E-state index contributed by atoms with van der Waals surface area (Å²) in [4.78, 5) is 2.86. The van der Waals surface area contributed by atoms with E-state index in [1.54, 1.807) is 45.2 Å². The summed E-state index contributed by atoms with van der Waals surface area (Å²) in [5.41, 5.74) is 4.59. The number of benzene rings is 3. The van der Waals surface area contributed by atoms with Crippen LogP contribution in [0.25, 0.3) is 0 Å². The molecule has 4 unspecified atom stereocenters. The zero-order valence-electron chi connectivity index (χ0n) is 21.8. The summed E-state index contributed by atoms with van der Waals surface area (Å²) < 4.78 is 21.5. The van der Waals surface area contributed by atoms with Gasteiger partial charge in [0.05, 0.1) is 22.6 Å². The van der Waals surface area contributed by atoms with E-state index in [1.807, 2.05) is 0 Å². The molecule has 2 aliphatic rings. The molecule has 3 aromatic carbocycles. The monoisotopic (exact) mass is 519 g/mol. The van der Waals surface area contributed by atoms with Crippen molar-refractivity contribution in [2.75, 3.05) is 11.9 Å². The number of nitrogens with one attached hydrogen (secondary N) is 1. The first-order chi connectivity index (χ1) is 17.7. The Bertz CT molecular complexity index is 1330. The molecule has 0 spiro atoms. The molecule has 4 atom stereocenters. The Labute approximate surface area is 220 Å². The number of aliphatic hydroxyl groups is 2. The number of aryl methyl sites for hydroxylation is 2. The number of rotatable bonds is 5. The molecular formula is C30H37N3O3S. The van der Waals surface area contributed by atoms with Crippen molar-refractivity contribution in [2.45, 2.75) is 74.6 Å². The Kier molecular flexibility index (Phi) is 7.16. The fourth-order valence-electron chi connectivity index (χ4n) is 5.72. The van der Waals surface area contributed by atoms with Gasteiger partial charge in [0.1, 0.15) is 9.92 Å². The topological polar surface area (TPSA) is 85.2 Å². The van der Waals surface area contributed by atoms with Crippen LogP contribution in [0, 0.1) is 0 Å². The normalized spacial score (nSPS) is 23.4. The maximum atomic E-state index is 14.0. The standard InChI is InChI=1S/C30H37N3O3S/c1-30(2,35)23-17-19-24(20-18-23)37(36,31-3)32-25-11-8-14-28(29(25)34)33-26-12-6-4-9-21(26)15-16-22-10-5-7-13-27(22)33/h4-7,9-10,12-13,17-20,25,28-29,34-35H,8,11,14-16H2,1-3H3,(H,31,32,36). The third-order valence-corrected chi connectivity index (χ3v) is 9.82. The van der Waals surface area contributed by atoms with Crippen molar-refractivity contribution in [1.82, 2.24) is 4.72 Å². The van der Waals surface area contributed by atoms with E-state index in [0.717, 1.165) is 42.6 Å². The molecule has 7 heteroatoms. The third kappa shape index (κ3) is 5.06. The predicted octanol–water partition coefficient (Wildman–Crippen LogP) is 5.09. The molecular weight excluding hydrogens is 482 g/mol. The summed E-state index contributed by atoms with van der Waals surface area (Å²) >= 11 is 0. The van der Waals surface area contributed by atoms with Crippen LogP contribution in [0.3, 0.4) is 0 Å². The molecule has 196 valence electrons. The molecule has 0 aromatic heterocycles. The minimum absolute atomic E-state index is 0.162. The molecule has 1 heterocycles. The van der Waals surface area contributed by atoms with Gasteiger partial charge in [-0.05, 0) is 86.9 Å². The van der Waals surface area contributed by atoms with Crippen LogP contribution in [0.2, 0.25) is 0 Å². The summed E-state index contributed by atoms with van der Waals surface area (Å²) in [7, 11) is -1.42. The lowest BCUT2D eigenvalue weighted by Gasteiger charge is -2.43. The van der Waals surface area contributed by atoms with E-state index < -0.39 is 21.6 Å². The van der Waals surface area contributed by atoms with Crippen LogP contribution in [0.5, 0.6) is 0 Å². The van der Waals surface area contributed by atoms with E-state index in [9.17, 15) is 14.4 Å². The van der Waals surface area contributed by atoms with Crippen LogP contribution in [-0.2, 0) is 28.4 Å². The van der Waals surface area contributed by atoms with Gasteiger partial charge in [-0.15, -0.1) is 0 Å². The lowest BCUT2D eigenvalue weighted by atomic mass is 9.86. The molecule has 0 amide bonds. The first kappa shape index (κ1) is 25.9. The number of anilines is 2. The minimum Gasteiger partial charge on any atom is -0.389 e. The van der Waals surface area contributed by atoms with Crippen LogP contribution < -0.4 is 9.62 Å². The molecule has 1 saturated carbocycles. The quantitative estimate of drug-likeness (QED) is 0.438. The molecule has 3 aromatic rings. The average Bonchev–Trinajstić information content (AvgIpc) is 3.06. The molecule has 0 radical (unpaired) electrons. The Hall–Kier alpha value is -2.71. The maximum absolute atomic E-state index is 14.0. The van der Waals surface area contributed by atoms with Crippen LogP contribution in [0.15, 0.2) is 82.1 Å². The van der Waals surface area contributed by atoms with Crippen molar-refractivity contribution < 1.29 is 14.4 Å². The molecule has 1 aliphatic heterocycles. The lowest BCUT2D eigenvalue weighted by Crippen LogP contribution is -2.55. The summed E-state index contributed by atoms with van der Waals surface area (Å²) in [6, 6.07) is 23.5.